The van der Waals surface area contributed by atoms with Gasteiger partial charge in [-0.15, -0.1) is 11.6 Å². The van der Waals surface area contributed by atoms with Crippen molar-refractivity contribution in [2.75, 3.05) is 0 Å². The Morgan fingerprint density at radius 2 is 1.85 bits per heavy atom. The van der Waals surface area contributed by atoms with Crippen molar-refractivity contribution in [2.24, 2.45) is 0 Å². The molecule has 0 unspecified atom stereocenters. The van der Waals surface area contributed by atoms with Crippen LogP contribution in [0.2, 0.25) is 0 Å². The van der Waals surface area contributed by atoms with Crippen LogP contribution in [0.15, 0.2) is 65.4 Å². The molecule has 20 heavy (non-hydrogen) atoms. The van der Waals surface area contributed by atoms with Crippen LogP contribution < -0.4 is 0 Å². The normalized spacial score (nSPS) is 10.7. The second kappa shape index (κ2) is 5.81. The number of hydrogen-bond acceptors (Lipinski definition) is 1. The van der Waals surface area contributed by atoms with Gasteiger partial charge in [0, 0.05) is 22.1 Å². The van der Waals surface area contributed by atoms with Crippen molar-refractivity contribution < 1.29 is 0 Å². The highest BCUT2D eigenvalue weighted by molar-refractivity contribution is 9.10. The second-order valence-corrected chi connectivity index (χ2v) is 5.58. The van der Waals surface area contributed by atoms with E-state index in [2.05, 4.69) is 33.2 Å². The number of benzene rings is 2. The van der Waals surface area contributed by atoms with Gasteiger partial charge in [0.25, 0.3) is 0 Å². The third-order valence-electron chi connectivity index (χ3n) is 3.10. The number of halogens is 2. The van der Waals surface area contributed by atoms with Crippen LogP contribution >= 0.6 is 27.5 Å². The van der Waals surface area contributed by atoms with E-state index in [1.165, 1.54) is 0 Å². The van der Waals surface area contributed by atoms with Crippen molar-refractivity contribution in [2.45, 2.75) is 5.88 Å². The molecule has 0 aliphatic carbocycles. The molecule has 3 aromatic rings. The van der Waals surface area contributed by atoms with Gasteiger partial charge in [-0.25, -0.2) is 4.68 Å². The molecule has 0 radical (unpaired) electrons. The van der Waals surface area contributed by atoms with Gasteiger partial charge in [0.15, 0.2) is 0 Å². The van der Waals surface area contributed by atoms with Crippen LogP contribution in [0.3, 0.4) is 0 Å². The van der Waals surface area contributed by atoms with Gasteiger partial charge >= 0.3 is 0 Å². The van der Waals surface area contributed by atoms with Gasteiger partial charge in [-0.1, -0.05) is 36.4 Å². The van der Waals surface area contributed by atoms with Crippen molar-refractivity contribution in [3.8, 4) is 16.8 Å². The first-order valence-electron chi connectivity index (χ1n) is 6.23. The highest BCUT2D eigenvalue weighted by atomic mass is 79.9. The first-order chi connectivity index (χ1) is 9.78. The molecule has 0 fully saturated rings. The predicted molar refractivity (Wildman–Crippen MR) is 86.3 cm³/mol. The lowest BCUT2D eigenvalue weighted by Crippen LogP contribution is -1.96. The highest BCUT2D eigenvalue weighted by Crippen LogP contribution is 2.25. The molecular weight excluding hydrogens is 336 g/mol. The molecule has 0 aliphatic heterocycles. The lowest BCUT2D eigenvalue weighted by atomic mass is 10.1. The van der Waals surface area contributed by atoms with Crippen LogP contribution in [0, 0.1) is 0 Å². The minimum absolute atomic E-state index is 0.507. The van der Waals surface area contributed by atoms with E-state index in [1.54, 1.807) is 0 Å². The molecule has 0 bridgehead atoms. The number of nitrogens with zero attached hydrogens (tertiary/aromatic N) is 2. The average Bonchev–Trinajstić information content (AvgIpc) is 2.97. The molecule has 0 N–H and O–H groups in total. The molecule has 0 atom stereocenters. The summed E-state index contributed by atoms with van der Waals surface area (Å²) in [6, 6.07) is 16.3. The quantitative estimate of drug-likeness (QED) is 0.607. The molecule has 3 rings (SSSR count). The van der Waals surface area contributed by atoms with E-state index in [0.717, 1.165) is 26.9 Å². The van der Waals surface area contributed by atoms with Crippen LogP contribution in [0.25, 0.3) is 16.8 Å². The summed E-state index contributed by atoms with van der Waals surface area (Å²) in [5.74, 6) is 0.507. The monoisotopic (exact) mass is 346 g/mol. The van der Waals surface area contributed by atoms with Crippen LogP contribution in [-0.4, -0.2) is 9.78 Å². The lowest BCUT2D eigenvalue weighted by Gasteiger charge is -2.05. The Labute approximate surface area is 131 Å². The minimum atomic E-state index is 0.507. The number of rotatable bonds is 3. The molecule has 100 valence electrons. The van der Waals surface area contributed by atoms with Gasteiger partial charge in [-0.05, 0) is 39.2 Å². The van der Waals surface area contributed by atoms with Gasteiger partial charge < -0.3 is 0 Å². The highest BCUT2D eigenvalue weighted by Gasteiger charge is 2.07. The van der Waals surface area contributed by atoms with Gasteiger partial charge in [-0.2, -0.15) is 5.10 Å². The summed E-state index contributed by atoms with van der Waals surface area (Å²) in [5, 5.41) is 4.43. The summed E-state index contributed by atoms with van der Waals surface area (Å²) in [7, 11) is 0. The third kappa shape index (κ3) is 2.65. The molecule has 1 aromatic heterocycles. The van der Waals surface area contributed by atoms with Crippen molar-refractivity contribution in [3.63, 3.8) is 0 Å². The van der Waals surface area contributed by atoms with Gasteiger partial charge in [0.1, 0.15) is 0 Å². The zero-order valence-electron chi connectivity index (χ0n) is 10.6. The van der Waals surface area contributed by atoms with Gasteiger partial charge in [0.2, 0.25) is 0 Å². The minimum Gasteiger partial charge on any atom is -0.239 e. The predicted octanol–water partition coefficient (Wildman–Crippen LogP) is 5.04. The maximum atomic E-state index is 5.84. The molecule has 1 heterocycles. The fourth-order valence-corrected chi connectivity index (χ4v) is 2.83. The summed E-state index contributed by atoms with van der Waals surface area (Å²) in [4.78, 5) is 0. The van der Waals surface area contributed by atoms with Crippen LogP contribution in [0.1, 0.15) is 5.56 Å². The zero-order valence-corrected chi connectivity index (χ0v) is 13.0. The van der Waals surface area contributed by atoms with Crippen molar-refractivity contribution in [1.29, 1.82) is 0 Å². The van der Waals surface area contributed by atoms with Crippen molar-refractivity contribution in [1.82, 2.24) is 9.78 Å². The Morgan fingerprint density at radius 1 is 1.05 bits per heavy atom. The van der Waals surface area contributed by atoms with Gasteiger partial charge in [-0.3, -0.25) is 0 Å². The lowest BCUT2D eigenvalue weighted by molar-refractivity contribution is 0.875. The summed E-state index contributed by atoms with van der Waals surface area (Å²) in [6.45, 7) is 0. The second-order valence-electron chi connectivity index (χ2n) is 4.46. The Morgan fingerprint density at radius 3 is 2.55 bits per heavy atom. The van der Waals surface area contributed by atoms with E-state index >= 15 is 0 Å². The fraction of sp³-hybridized carbons (Fsp3) is 0.0625. The Kier molecular flexibility index (Phi) is 3.90. The van der Waals surface area contributed by atoms with Gasteiger partial charge in [0.05, 0.1) is 11.9 Å². The maximum absolute atomic E-state index is 5.84. The smallest absolute Gasteiger partial charge is 0.0787 e. The molecule has 2 aromatic carbocycles. The Hall–Kier alpha value is -1.58. The molecule has 0 saturated carbocycles. The summed E-state index contributed by atoms with van der Waals surface area (Å²) < 4.78 is 2.85. The van der Waals surface area contributed by atoms with Crippen LogP contribution in [-0.2, 0) is 5.88 Å². The van der Waals surface area contributed by atoms with Crippen LogP contribution in [0.5, 0.6) is 0 Å². The Bertz CT molecular complexity index is 722. The first-order valence-corrected chi connectivity index (χ1v) is 7.55. The SMILES string of the molecule is ClCc1ccc(-n2cc(-c3ccccc3)cn2)c(Br)c1. The Balaban J connectivity index is 1.98. The molecule has 0 aliphatic rings. The van der Waals surface area contributed by atoms with E-state index < -0.39 is 0 Å². The summed E-state index contributed by atoms with van der Waals surface area (Å²) in [5.41, 5.74) is 4.34. The molecule has 4 heteroatoms. The standard InChI is InChI=1S/C16H12BrClN2/c17-15-8-12(9-18)6-7-16(15)20-11-14(10-19-20)13-4-2-1-3-5-13/h1-8,10-11H,9H2. The van der Waals surface area contributed by atoms with E-state index in [-0.39, 0.29) is 0 Å². The molecule has 0 saturated heterocycles. The molecule has 0 spiro atoms. The van der Waals surface area contributed by atoms with E-state index in [4.69, 9.17) is 11.6 Å². The fourth-order valence-electron chi connectivity index (χ4n) is 2.05. The van der Waals surface area contributed by atoms with Crippen molar-refractivity contribution in [3.05, 3.63) is 71.0 Å². The number of hydrogen-bond donors (Lipinski definition) is 0. The third-order valence-corrected chi connectivity index (χ3v) is 4.05. The summed E-state index contributed by atoms with van der Waals surface area (Å²) >= 11 is 9.41. The number of alkyl halides is 1. The molecule has 2 nitrogen and oxygen atoms in total. The molecule has 0 amide bonds. The van der Waals surface area contributed by atoms with E-state index in [0.29, 0.717) is 5.88 Å². The molecular formula is C16H12BrClN2. The topological polar surface area (TPSA) is 17.8 Å². The maximum Gasteiger partial charge on any atom is 0.0787 e. The van der Waals surface area contributed by atoms with E-state index in [9.17, 15) is 0 Å². The number of aromatic nitrogens is 2. The zero-order chi connectivity index (χ0) is 13.9. The summed E-state index contributed by atoms with van der Waals surface area (Å²) in [6.07, 6.45) is 3.90. The largest absolute Gasteiger partial charge is 0.239 e. The van der Waals surface area contributed by atoms with Crippen LogP contribution in [0.4, 0.5) is 0 Å². The van der Waals surface area contributed by atoms with E-state index in [1.807, 2.05) is 53.5 Å². The van der Waals surface area contributed by atoms with Crippen molar-refractivity contribution >= 4 is 27.5 Å². The average molecular weight is 348 g/mol. The first kappa shape index (κ1) is 13.4.